The van der Waals surface area contributed by atoms with Crippen molar-refractivity contribution in [1.29, 1.82) is 0 Å². The number of carbonyl (C=O) groups excluding carboxylic acids is 1. The zero-order chi connectivity index (χ0) is 26.4. The molecule has 0 aromatic rings. The number of aliphatic hydroxyl groups excluding tert-OH is 2. The first-order chi connectivity index (χ1) is 17.8. The average molecular weight is 515 g/mol. The Morgan fingerprint density at radius 3 is 2.78 bits per heavy atom. The van der Waals surface area contributed by atoms with Crippen LogP contribution in [-0.4, -0.2) is 71.6 Å². The molecule has 4 heterocycles. The Balaban J connectivity index is 1.44. The lowest BCUT2D eigenvalue weighted by atomic mass is 9.91. The molecule has 7 heteroatoms. The van der Waals surface area contributed by atoms with Crippen LogP contribution in [0, 0.1) is 5.92 Å². The molecule has 0 saturated carbocycles. The number of epoxide rings is 1. The molecule has 9 atom stereocenters. The minimum atomic E-state index is -1.03. The molecular weight excluding hydrogens is 472 g/mol. The van der Waals surface area contributed by atoms with E-state index < -0.39 is 24.3 Å². The molecule has 1 fully saturated rings. The van der Waals surface area contributed by atoms with Gasteiger partial charge < -0.3 is 29.2 Å². The smallest absolute Gasteiger partial charge is 0.330 e. The highest BCUT2D eigenvalue weighted by molar-refractivity contribution is 5.82. The van der Waals surface area contributed by atoms with Crippen molar-refractivity contribution >= 4 is 5.97 Å². The lowest BCUT2D eigenvalue weighted by Crippen LogP contribution is -2.32. The third kappa shape index (κ3) is 8.76. The maximum absolute atomic E-state index is 12.6. The maximum atomic E-state index is 12.6. The normalized spacial score (nSPS) is 39.6. The van der Waals surface area contributed by atoms with Crippen molar-refractivity contribution in [1.82, 2.24) is 0 Å². The number of hydrogen-bond donors (Lipinski definition) is 2. The Morgan fingerprint density at radius 1 is 1.14 bits per heavy atom. The number of cyclic esters (lactones) is 1. The van der Waals surface area contributed by atoms with Gasteiger partial charge in [-0.25, -0.2) is 4.79 Å². The summed E-state index contributed by atoms with van der Waals surface area (Å²) in [6.07, 6.45) is 14.3. The third-order valence-corrected chi connectivity index (χ3v) is 7.44. The summed E-state index contributed by atoms with van der Waals surface area (Å²) in [5, 5.41) is 21.7. The van der Waals surface area contributed by atoms with Gasteiger partial charge in [-0.15, -0.1) is 0 Å². The van der Waals surface area contributed by atoms with Crippen LogP contribution in [0.2, 0.25) is 0 Å². The molecule has 2 N–H and O–H groups in total. The summed E-state index contributed by atoms with van der Waals surface area (Å²) in [6, 6.07) is 0. The molecule has 37 heavy (non-hydrogen) atoms. The lowest BCUT2D eigenvalue weighted by Gasteiger charge is -2.28. The van der Waals surface area contributed by atoms with E-state index in [2.05, 4.69) is 26.5 Å². The number of hydrogen-bond acceptors (Lipinski definition) is 7. The quantitative estimate of drug-likeness (QED) is 0.332. The van der Waals surface area contributed by atoms with Gasteiger partial charge >= 0.3 is 5.97 Å². The van der Waals surface area contributed by atoms with Crippen LogP contribution in [-0.2, 0) is 23.7 Å². The molecule has 0 spiro atoms. The average Bonchev–Trinajstić information content (AvgIpc) is 3.61. The molecule has 4 rings (SSSR count). The fraction of sp³-hybridized carbons (Fsp3) is 0.633. The molecule has 4 aliphatic rings. The van der Waals surface area contributed by atoms with Gasteiger partial charge in [-0.3, -0.25) is 0 Å². The summed E-state index contributed by atoms with van der Waals surface area (Å²) in [4.78, 5) is 12.6. The summed E-state index contributed by atoms with van der Waals surface area (Å²) in [7, 11) is 0. The molecule has 0 aliphatic carbocycles. The predicted molar refractivity (Wildman–Crippen MR) is 141 cm³/mol. The van der Waals surface area contributed by atoms with Gasteiger partial charge in [0.1, 0.15) is 18.3 Å². The van der Waals surface area contributed by atoms with Gasteiger partial charge in [0.2, 0.25) is 0 Å². The summed E-state index contributed by atoms with van der Waals surface area (Å²) >= 11 is 0. The van der Waals surface area contributed by atoms with Crippen molar-refractivity contribution in [2.45, 2.75) is 108 Å². The summed E-state index contributed by atoms with van der Waals surface area (Å²) in [6.45, 7) is 8.98. The number of esters is 1. The van der Waals surface area contributed by atoms with Gasteiger partial charge in [-0.05, 0) is 51.4 Å². The largest absolute Gasteiger partial charge is 0.456 e. The Labute approximate surface area is 220 Å². The molecule has 0 aromatic carbocycles. The van der Waals surface area contributed by atoms with Crippen LogP contribution >= 0.6 is 0 Å². The van der Waals surface area contributed by atoms with E-state index >= 15 is 0 Å². The molecule has 0 radical (unpaired) electrons. The van der Waals surface area contributed by atoms with Crippen molar-refractivity contribution in [3.05, 3.63) is 60.3 Å². The van der Waals surface area contributed by atoms with E-state index in [1.54, 1.807) is 12.2 Å². The van der Waals surface area contributed by atoms with Gasteiger partial charge in [0.25, 0.3) is 0 Å². The van der Waals surface area contributed by atoms with Crippen molar-refractivity contribution < 1.29 is 34.0 Å². The minimum absolute atomic E-state index is 0.0863. The van der Waals surface area contributed by atoms with Crippen LogP contribution in [0.25, 0.3) is 0 Å². The monoisotopic (exact) mass is 514 g/mol. The van der Waals surface area contributed by atoms with Crippen molar-refractivity contribution in [3.63, 3.8) is 0 Å². The van der Waals surface area contributed by atoms with Crippen LogP contribution in [0.15, 0.2) is 60.3 Å². The van der Waals surface area contributed by atoms with E-state index in [0.29, 0.717) is 25.4 Å². The summed E-state index contributed by atoms with van der Waals surface area (Å²) in [5.74, 6) is -0.141. The summed E-state index contributed by atoms with van der Waals surface area (Å²) < 4.78 is 23.4. The number of fused-ring (bicyclic) bond motifs is 3. The highest BCUT2D eigenvalue weighted by atomic mass is 16.6. The van der Waals surface area contributed by atoms with E-state index in [4.69, 9.17) is 18.9 Å². The van der Waals surface area contributed by atoms with Gasteiger partial charge in [0.15, 0.2) is 0 Å². The first-order valence-corrected chi connectivity index (χ1v) is 13.6. The van der Waals surface area contributed by atoms with Crippen LogP contribution in [0.5, 0.6) is 0 Å². The van der Waals surface area contributed by atoms with Gasteiger partial charge in [-0.1, -0.05) is 61.1 Å². The maximum Gasteiger partial charge on any atom is 0.330 e. The SMILES string of the molecule is C=C1C[C@H](C)C[C@@H]2CC=C[C@@H](C/C=C\C(=O)O[C@H]([C@@H](O)/C=C/[C@@H]3CC(C)=CCO3)CC3O[C@@H]3[C@H](O)C1)O2. The Morgan fingerprint density at radius 2 is 1.97 bits per heavy atom. The van der Waals surface area contributed by atoms with E-state index in [-0.39, 0.29) is 36.9 Å². The second-order valence-electron chi connectivity index (χ2n) is 11.0. The fourth-order valence-electron chi connectivity index (χ4n) is 5.45. The molecule has 0 aromatic heterocycles. The molecule has 1 unspecified atom stereocenters. The van der Waals surface area contributed by atoms with E-state index in [0.717, 1.165) is 31.3 Å². The molecular formula is C30H42O7. The minimum Gasteiger partial charge on any atom is -0.456 e. The number of aliphatic hydroxyl groups is 2. The van der Waals surface area contributed by atoms with Crippen molar-refractivity contribution in [2.24, 2.45) is 5.92 Å². The van der Waals surface area contributed by atoms with Crippen molar-refractivity contribution in [2.75, 3.05) is 6.61 Å². The van der Waals surface area contributed by atoms with Gasteiger partial charge in [-0.2, -0.15) is 0 Å². The second kappa shape index (κ2) is 13.2. The Bertz CT molecular complexity index is 919. The van der Waals surface area contributed by atoms with Crippen LogP contribution in [0.4, 0.5) is 0 Å². The topological polar surface area (TPSA) is 97.8 Å². The van der Waals surface area contributed by atoms with E-state index in [9.17, 15) is 15.0 Å². The molecule has 4 aliphatic heterocycles. The Kier molecular flexibility index (Phi) is 9.96. The van der Waals surface area contributed by atoms with E-state index in [1.165, 1.54) is 11.6 Å². The Hall–Kier alpha value is -2.03. The third-order valence-electron chi connectivity index (χ3n) is 7.44. The first kappa shape index (κ1) is 28.0. The zero-order valence-electron chi connectivity index (χ0n) is 22.0. The lowest BCUT2D eigenvalue weighted by molar-refractivity contribution is -0.148. The van der Waals surface area contributed by atoms with E-state index in [1.807, 2.05) is 18.2 Å². The number of ether oxygens (including phenoxy) is 4. The molecule has 1 saturated heterocycles. The zero-order valence-corrected chi connectivity index (χ0v) is 22.0. The van der Waals surface area contributed by atoms with Crippen molar-refractivity contribution in [3.8, 4) is 0 Å². The number of carbonyl (C=O) groups is 1. The highest BCUT2D eigenvalue weighted by Gasteiger charge is 2.46. The fourth-order valence-corrected chi connectivity index (χ4v) is 5.45. The van der Waals surface area contributed by atoms with Gasteiger partial charge in [0.05, 0.1) is 37.1 Å². The van der Waals surface area contributed by atoms with Crippen LogP contribution < -0.4 is 0 Å². The second-order valence-corrected chi connectivity index (χ2v) is 11.0. The molecule has 0 amide bonds. The standard InChI is InChI=1S/C30H42O7/c1-19-12-13-34-23(15-19)10-11-25(31)27-18-28-30(37-28)26(32)17-21(3)14-20(2)16-24-8-4-6-22(35-24)7-5-9-29(33)36-27/h4-6,9-12,20,22-28,30-32H,3,7-8,13-18H2,1-2H3/b9-5-,11-10+/t20-,22-,23+,24-,25-,26+,27-,28?,30+/m0/s1. The summed E-state index contributed by atoms with van der Waals surface area (Å²) in [5.41, 5.74) is 2.23. The predicted octanol–water partition coefficient (Wildman–Crippen LogP) is 4.11. The van der Waals surface area contributed by atoms with Crippen LogP contribution in [0.3, 0.4) is 0 Å². The molecule has 7 nitrogen and oxygen atoms in total. The number of rotatable bonds is 3. The van der Waals surface area contributed by atoms with Gasteiger partial charge in [0, 0.05) is 12.5 Å². The molecule has 204 valence electrons. The highest BCUT2D eigenvalue weighted by Crippen LogP contribution is 2.35. The molecule has 2 bridgehead atoms. The van der Waals surface area contributed by atoms with Crippen LogP contribution in [0.1, 0.15) is 58.8 Å². The first-order valence-electron chi connectivity index (χ1n) is 13.6.